The van der Waals surface area contributed by atoms with E-state index in [-0.39, 0.29) is 59.8 Å². The van der Waals surface area contributed by atoms with Crippen LogP contribution in [-0.2, 0) is 24.0 Å². The van der Waals surface area contributed by atoms with E-state index in [1.807, 2.05) is 6.08 Å². The molecule has 1 heterocycles. The standard InChI is InChI=1S/C27H25NO8/c1-12-10-18(30)16-11-15-13(6-7-14-21(15)27(35)28(26(14)34)9-8-20(31)32)22(23(16)25(12)33)24-17(29)4-3-5-19(24)36-2/h3-6,10,14-15,21-22,29H,7-9,11H2,1-2H3,(H,31,32). The second-order valence-corrected chi connectivity index (χ2v) is 9.59. The van der Waals surface area contributed by atoms with Crippen LogP contribution in [0.1, 0.15) is 37.7 Å². The molecule has 186 valence electrons. The van der Waals surface area contributed by atoms with E-state index in [4.69, 9.17) is 9.84 Å². The number of carbonyl (C=O) groups excluding carboxylic acids is 4. The zero-order chi connectivity index (χ0) is 25.9. The Morgan fingerprint density at radius 1 is 1.14 bits per heavy atom. The molecule has 1 aliphatic heterocycles. The van der Waals surface area contributed by atoms with Gasteiger partial charge in [-0.05, 0) is 43.9 Å². The summed E-state index contributed by atoms with van der Waals surface area (Å²) < 4.78 is 5.52. The van der Waals surface area contributed by atoms with Crippen molar-refractivity contribution in [1.82, 2.24) is 4.90 Å². The third-order valence-corrected chi connectivity index (χ3v) is 7.76. The summed E-state index contributed by atoms with van der Waals surface area (Å²) in [5.41, 5.74) is 1.84. The number of phenols is 1. The van der Waals surface area contributed by atoms with Crippen LogP contribution in [0.2, 0.25) is 0 Å². The van der Waals surface area contributed by atoms with Crippen molar-refractivity contribution in [2.24, 2.45) is 17.8 Å². The number of Topliss-reactive ketones (excluding diaryl/α,β-unsaturated/α-hetero) is 1. The minimum atomic E-state index is -1.11. The molecular formula is C27H25NO8. The molecule has 4 unspecified atom stereocenters. The van der Waals surface area contributed by atoms with Crippen LogP contribution >= 0.6 is 0 Å². The smallest absolute Gasteiger partial charge is 0.305 e. The molecule has 0 bridgehead atoms. The lowest BCUT2D eigenvalue weighted by atomic mass is 9.59. The average Bonchev–Trinajstić information content (AvgIpc) is 3.09. The number of allylic oxidation sites excluding steroid dienone is 6. The lowest BCUT2D eigenvalue weighted by molar-refractivity contribution is -0.142. The van der Waals surface area contributed by atoms with Crippen LogP contribution in [0.5, 0.6) is 11.5 Å². The zero-order valence-corrected chi connectivity index (χ0v) is 19.8. The molecular weight excluding hydrogens is 466 g/mol. The minimum Gasteiger partial charge on any atom is -0.507 e. The maximum absolute atomic E-state index is 13.4. The van der Waals surface area contributed by atoms with E-state index >= 15 is 0 Å². The summed E-state index contributed by atoms with van der Waals surface area (Å²) in [5.74, 6) is -5.25. The van der Waals surface area contributed by atoms with Gasteiger partial charge in [0, 0.05) is 34.7 Å². The highest BCUT2D eigenvalue weighted by Gasteiger charge is 2.56. The maximum Gasteiger partial charge on any atom is 0.305 e. The summed E-state index contributed by atoms with van der Waals surface area (Å²) in [6, 6.07) is 4.74. The molecule has 0 saturated carbocycles. The van der Waals surface area contributed by atoms with Crippen molar-refractivity contribution in [1.29, 1.82) is 0 Å². The van der Waals surface area contributed by atoms with Crippen molar-refractivity contribution in [2.75, 3.05) is 13.7 Å². The van der Waals surface area contributed by atoms with Gasteiger partial charge in [0.1, 0.15) is 11.5 Å². The third-order valence-electron chi connectivity index (χ3n) is 7.76. The average molecular weight is 491 g/mol. The summed E-state index contributed by atoms with van der Waals surface area (Å²) in [5, 5.41) is 20.0. The van der Waals surface area contributed by atoms with Gasteiger partial charge in [0.25, 0.3) is 0 Å². The van der Waals surface area contributed by atoms with Gasteiger partial charge in [0.2, 0.25) is 11.8 Å². The van der Waals surface area contributed by atoms with Gasteiger partial charge < -0.3 is 14.9 Å². The number of ether oxygens (including phenoxy) is 1. The Morgan fingerprint density at radius 2 is 1.89 bits per heavy atom. The number of likely N-dealkylation sites (tertiary alicyclic amines) is 1. The van der Waals surface area contributed by atoms with E-state index in [1.54, 1.807) is 19.1 Å². The first-order chi connectivity index (χ1) is 17.1. The molecule has 2 amide bonds. The van der Waals surface area contributed by atoms with E-state index in [9.17, 15) is 29.1 Å². The second kappa shape index (κ2) is 8.58. The van der Waals surface area contributed by atoms with Crippen LogP contribution < -0.4 is 4.74 Å². The van der Waals surface area contributed by atoms with Gasteiger partial charge in [-0.25, -0.2) is 0 Å². The number of benzene rings is 1. The predicted octanol–water partition coefficient (Wildman–Crippen LogP) is 2.31. The van der Waals surface area contributed by atoms with Gasteiger partial charge >= 0.3 is 5.97 Å². The van der Waals surface area contributed by atoms with Gasteiger partial charge in [-0.1, -0.05) is 17.7 Å². The molecule has 1 saturated heterocycles. The highest BCUT2D eigenvalue weighted by atomic mass is 16.5. The van der Waals surface area contributed by atoms with Gasteiger partial charge in [0.05, 0.1) is 25.4 Å². The molecule has 9 heteroatoms. The highest BCUT2D eigenvalue weighted by Crippen LogP contribution is 2.57. The number of carboxylic acids is 1. The number of nitrogens with zero attached hydrogens (tertiary/aromatic N) is 1. The quantitative estimate of drug-likeness (QED) is 0.364. The van der Waals surface area contributed by atoms with Crippen LogP contribution in [0.3, 0.4) is 0 Å². The molecule has 1 fully saturated rings. The molecule has 0 radical (unpaired) electrons. The number of hydrogen-bond donors (Lipinski definition) is 2. The number of amides is 2. The van der Waals surface area contributed by atoms with E-state index in [2.05, 4.69) is 0 Å². The summed E-state index contributed by atoms with van der Waals surface area (Å²) in [4.78, 5) is 65.1. The molecule has 9 nitrogen and oxygen atoms in total. The first-order valence-corrected chi connectivity index (χ1v) is 11.8. The monoisotopic (exact) mass is 491 g/mol. The predicted molar refractivity (Wildman–Crippen MR) is 125 cm³/mol. The van der Waals surface area contributed by atoms with Gasteiger partial charge in [-0.2, -0.15) is 0 Å². The van der Waals surface area contributed by atoms with Crippen LogP contribution in [0, 0.1) is 17.8 Å². The molecule has 5 rings (SSSR count). The van der Waals surface area contributed by atoms with E-state index in [0.717, 1.165) is 4.90 Å². The number of aromatic hydroxyl groups is 1. The summed E-state index contributed by atoms with van der Waals surface area (Å²) >= 11 is 0. The molecule has 36 heavy (non-hydrogen) atoms. The first kappa shape index (κ1) is 23.7. The number of aliphatic carboxylic acids is 1. The van der Waals surface area contributed by atoms with E-state index < -0.39 is 41.5 Å². The first-order valence-electron chi connectivity index (χ1n) is 11.8. The van der Waals surface area contributed by atoms with Crippen molar-refractivity contribution in [3.8, 4) is 11.5 Å². The highest BCUT2D eigenvalue weighted by molar-refractivity contribution is 6.24. The fraction of sp³-hybridized carbons (Fsp3) is 0.370. The van der Waals surface area contributed by atoms with Crippen molar-refractivity contribution >= 4 is 29.4 Å². The van der Waals surface area contributed by atoms with Crippen molar-refractivity contribution in [3.05, 3.63) is 58.2 Å². The maximum atomic E-state index is 13.4. The van der Waals surface area contributed by atoms with Crippen molar-refractivity contribution < 1.29 is 38.9 Å². The summed E-state index contributed by atoms with van der Waals surface area (Å²) in [6.07, 6.45) is 3.11. The number of rotatable bonds is 5. The van der Waals surface area contributed by atoms with Crippen LogP contribution in [0.4, 0.5) is 0 Å². The Bertz CT molecular complexity index is 1330. The van der Waals surface area contributed by atoms with Crippen LogP contribution in [0.15, 0.2) is 52.6 Å². The van der Waals surface area contributed by atoms with Gasteiger partial charge in [0.15, 0.2) is 11.6 Å². The Balaban J connectivity index is 1.67. The molecule has 1 aromatic carbocycles. The number of phenolic OH excluding ortho intramolecular Hbond substituents is 1. The number of fused-ring (bicyclic) bond motifs is 3. The Morgan fingerprint density at radius 3 is 2.58 bits per heavy atom. The van der Waals surface area contributed by atoms with Gasteiger partial charge in [-0.15, -0.1) is 0 Å². The lowest BCUT2D eigenvalue weighted by Crippen LogP contribution is -2.40. The number of ketones is 2. The molecule has 4 atom stereocenters. The molecule has 2 N–H and O–H groups in total. The normalized spacial score (nSPS) is 27.3. The van der Waals surface area contributed by atoms with Crippen LogP contribution in [0.25, 0.3) is 0 Å². The molecule has 0 aromatic heterocycles. The second-order valence-electron chi connectivity index (χ2n) is 9.59. The summed E-state index contributed by atoms with van der Waals surface area (Å²) in [6.45, 7) is 1.35. The SMILES string of the molecule is COc1cccc(O)c1C1C2=CCC3C(=O)N(CCC(=O)O)C(=O)C3C2CC2=C1C(=O)C(C)=CC2=O. The van der Waals surface area contributed by atoms with Crippen molar-refractivity contribution in [3.63, 3.8) is 0 Å². The lowest BCUT2D eigenvalue weighted by Gasteiger charge is -2.42. The topological polar surface area (TPSA) is 138 Å². The third kappa shape index (κ3) is 3.41. The zero-order valence-electron chi connectivity index (χ0n) is 19.8. The molecule has 3 aliphatic carbocycles. The van der Waals surface area contributed by atoms with E-state index in [0.29, 0.717) is 16.9 Å². The fourth-order valence-electron chi connectivity index (χ4n) is 6.19. The number of carbonyl (C=O) groups is 5. The molecule has 4 aliphatic rings. The molecule has 0 spiro atoms. The van der Waals surface area contributed by atoms with Crippen molar-refractivity contribution in [2.45, 2.75) is 32.1 Å². The van der Waals surface area contributed by atoms with E-state index in [1.165, 1.54) is 19.3 Å². The van der Waals surface area contributed by atoms with Gasteiger partial charge in [-0.3, -0.25) is 28.9 Å². The fourth-order valence-corrected chi connectivity index (χ4v) is 6.19. The molecule has 1 aromatic rings. The van der Waals surface area contributed by atoms with Crippen LogP contribution in [-0.4, -0.2) is 58.1 Å². The number of hydrogen-bond acceptors (Lipinski definition) is 7. The Labute approximate surface area is 206 Å². The number of methoxy groups -OCH3 is 1. The number of imide groups is 1. The Kier molecular flexibility index (Phi) is 5.65. The Hall–Kier alpha value is -4.01. The largest absolute Gasteiger partial charge is 0.507 e. The number of carboxylic acid groups (broad SMARTS) is 1. The minimum absolute atomic E-state index is 0.106. The summed E-state index contributed by atoms with van der Waals surface area (Å²) in [7, 11) is 1.44.